The Kier molecular flexibility index (Phi) is 7.19. The average molecular weight is 280 g/mol. The van der Waals surface area contributed by atoms with Crippen molar-refractivity contribution in [2.45, 2.75) is 39.5 Å². The molecule has 1 rings (SSSR count). The molecule has 0 aliphatic carbocycles. The molecule has 106 valence electrons. The molecule has 0 heterocycles. The van der Waals surface area contributed by atoms with Crippen LogP contribution in [0.5, 0.6) is 0 Å². The highest BCUT2D eigenvalue weighted by atomic mass is 35.5. The van der Waals surface area contributed by atoms with Gasteiger partial charge in [0.25, 0.3) is 0 Å². The highest BCUT2D eigenvalue weighted by molar-refractivity contribution is 6.30. The lowest BCUT2D eigenvalue weighted by molar-refractivity contribution is 0.330. The number of aryl methyl sites for hydroxylation is 1. The lowest BCUT2D eigenvalue weighted by Gasteiger charge is -2.16. The number of halogens is 1. The maximum atomic E-state index is 6.09. The molecule has 0 radical (unpaired) electrons. The van der Waals surface area contributed by atoms with Crippen molar-refractivity contribution in [3.63, 3.8) is 0 Å². The molecule has 0 saturated heterocycles. The second-order valence-electron chi connectivity index (χ2n) is 5.17. The second-order valence-corrected chi connectivity index (χ2v) is 5.60. The van der Waals surface area contributed by atoms with Gasteiger partial charge in [-0.05, 0) is 74.7 Å². The first kappa shape index (κ1) is 16.3. The molecule has 0 aromatic heterocycles. The van der Waals surface area contributed by atoms with E-state index < -0.39 is 0 Å². The summed E-state index contributed by atoms with van der Waals surface area (Å²) in [5.41, 5.74) is 3.80. The van der Waals surface area contributed by atoms with E-state index in [9.17, 15) is 0 Å². The molecule has 0 aliphatic rings. The predicted molar refractivity (Wildman–Crippen MR) is 86.9 cm³/mol. The summed E-state index contributed by atoms with van der Waals surface area (Å²) in [5.74, 6) is 0. The third kappa shape index (κ3) is 5.38. The van der Waals surface area contributed by atoms with E-state index in [2.05, 4.69) is 44.5 Å². The molecule has 0 fully saturated rings. The molecule has 0 bridgehead atoms. The summed E-state index contributed by atoms with van der Waals surface area (Å²) in [4.78, 5) is 2.39. The van der Waals surface area contributed by atoms with Gasteiger partial charge in [0.05, 0.1) is 0 Å². The van der Waals surface area contributed by atoms with Crippen molar-refractivity contribution in [3.8, 4) is 0 Å². The van der Waals surface area contributed by atoms with Crippen molar-refractivity contribution in [1.29, 1.82) is 0 Å². The van der Waals surface area contributed by atoms with E-state index >= 15 is 0 Å². The van der Waals surface area contributed by atoms with Gasteiger partial charge in [-0.3, -0.25) is 0 Å². The monoisotopic (exact) mass is 279 g/mol. The van der Waals surface area contributed by atoms with Gasteiger partial charge in [0.2, 0.25) is 0 Å². The molecule has 0 N–H and O–H groups in total. The zero-order valence-corrected chi connectivity index (χ0v) is 13.3. The zero-order valence-electron chi connectivity index (χ0n) is 12.5. The minimum absolute atomic E-state index is 0.802. The largest absolute Gasteiger partial charge is 0.306 e. The molecule has 0 saturated carbocycles. The molecular formula is C17H26ClN. The minimum Gasteiger partial charge on any atom is -0.306 e. The lowest BCUT2D eigenvalue weighted by Crippen LogP contribution is -2.20. The van der Waals surface area contributed by atoms with E-state index in [1.807, 2.05) is 6.07 Å². The molecule has 0 aliphatic heterocycles. The van der Waals surface area contributed by atoms with E-state index in [4.69, 9.17) is 11.6 Å². The Morgan fingerprint density at radius 1 is 1.26 bits per heavy atom. The number of nitrogens with zero attached hydrogens (tertiary/aromatic N) is 1. The summed E-state index contributed by atoms with van der Waals surface area (Å²) >= 11 is 6.09. The van der Waals surface area contributed by atoms with Crippen LogP contribution in [0.15, 0.2) is 24.8 Å². The fourth-order valence-electron chi connectivity index (χ4n) is 2.32. The predicted octanol–water partition coefficient (Wildman–Crippen LogP) is 5.04. The van der Waals surface area contributed by atoms with Gasteiger partial charge in [-0.15, -0.1) is 0 Å². The third-order valence-corrected chi connectivity index (χ3v) is 3.71. The Morgan fingerprint density at radius 3 is 2.63 bits per heavy atom. The molecule has 1 nitrogen and oxygen atoms in total. The standard InChI is InChI=1S/C17H26ClN/c1-5-11-19(4)12-7-8-15-9-10-16(18)13-17(15)14(3)6-2/h9-10,13H,3,5-8,11-12H2,1-2,4H3. The average Bonchev–Trinajstić information content (AvgIpc) is 2.39. The van der Waals surface area contributed by atoms with E-state index in [1.54, 1.807) is 0 Å². The molecule has 1 aromatic rings. The van der Waals surface area contributed by atoms with Crippen LogP contribution in [0, 0.1) is 0 Å². The van der Waals surface area contributed by atoms with Crippen LogP contribution in [0.25, 0.3) is 5.57 Å². The molecule has 19 heavy (non-hydrogen) atoms. The minimum atomic E-state index is 0.802. The van der Waals surface area contributed by atoms with Crippen LogP contribution < -0.4 is 0 Å². The fourth-order valence-corrected chi connectivity index (χ4v) is 2.49. The van der Waals surface area contributed by atoms with Gasteiger partial charge >= 0.3 is 0 Å². The molecular weight excluding hydrogens is 254 g/mol. The maximum absolute atomic E-state index is 6.09. The van der Waals surface area contributed by atoms with Crippen molar-refractivity contribution < 1.29 is 0 Å². The molecule has 0 atom stereocenters. The number of hydrogen-bond donors (Lipinski definition) is 0. The number of rotatable bonds is 8. The Balaban J connectivity index is 2.65. The lowest BCUT2D eigenvalue weighted by atomic mass is 9.96. The van der Waals surface area contributed by atoms with Crippen molar-refractivity contribution in [3.05, 3.63) is 40.9 Å². The summed E-state index contributed by atoms with van der Waals surface area (Å²) < 4.78 is 0. The van der Waals surface area contributed by atoms with E-state index in [0.717, 1.165) is 24.4 Å². The van der Waals surface area contributed by atoms with Gasteiger partial charge in [-0.25, -0.2) is 0 Å². The topological polar surface area (TPSA) is 3.24 Å². The number of benzene rings is 1. The van der Waals surface area contributed by atoms with Gasteiger partial charge < -0.3 is 4.90 Å². The number of hydrogen-bond acceptors (Lipinski definition) is 1. The van der Waals surface area contributed by atoms with Gasteiger partial charge in [0.15, 0.2) is 0 Å². The first-order valence-electron chi connectivity index (χ1n) is 7.23. The second kappa shape index (κ2) is 8.39. The molecule has 0 spiro atoms. The van der Waals surface area contributed by atoms with Gasteiger partial charge in [-0.2, -0.15) is 0 Å². The Morgan fingerprint density at radius 2 is 2.00 bits per heavy atom. The summed E-state index contributed by atoms with van der Waals surface area (Å²) in [6.45, 7) is 10.8. The molecule has 1 aromatic carbocycles. The normalized spacial score (nSPS) is 11.0. The molecule has 0 unspecified atom stereocenters. The van der Waals surface area contributed by atoms with Crippen molar-refractivity contribution in [2.24, 2.45) is 0 Å². The Labute approximate surface area is 123 Å². The summed E-state index contributed by atoms with van der Waals surface area (Å²) in [7, 11) is 2.19. The van der Waals surface area contributed by atoms with Crippen LogP contribution in [0.4, 0.5) is 0 Å². The zero-order chi connectivity index (χ0) is 14.3. The first-order valence-corrected chi connectivity index (χ1v) is 7.61. The van der Waals surface area contributed by atoms with E-state index in [-0.39, 0.29) is 0 Å². The van der Waals surface area contributed by atoms with Crippen molar-refractivity contribution in [2.75, 3.05) is 20.1 Å². The summed E-state index contributed by atoms with van der Waals surface area (Å²) in [5, 5.41) is 0.802. The van der Waals surface area contributed by atoms with Gasteiger partial charge in [-0.1, -0.05) is 38.1 Å². The highest BCUT2D eigenvalue weighted by Gasteiger charge is 2.06. The van der Waals surface area contributed by atoms with Crippen LogP contribution in [0.1, 0.15) is 44.2 Å². The SMILES string of the molecule is C=C(CC)c1cc(Cl)ccc1CCCN(C)CCC. The molecule has 2 heteroatoms. The maximum Gasteiger partial charge on any atom is 0.0412 e. The van der Waals surface area contributed by atoms with Crippen molar-refractivity contribution in [1.82, 2.24) is 4.90 Å². The Bertz CT molecular complexity index is 412. The van der Waals surface area contributed by atoms with Crippen LogP contribution in [-0.2, 0) is 6.42 Å². The van der Waals surface area contributed by atoms with Crippen LogP contribution >= 0.6 is 11.6 Å². The van der Waals surface area contributed by atoms with Gasteiger partial charge in [0, 0.05) is 5.02 Å². The molecule has 0 amide bonds. The third-order valence-electron chi connectivity index (χ3n) is 3.47. The first-order chi connectivity index (χ1) is 9.08. The Hall–Kier alpha value is -0.790. The smallest absolute Gasteiger partial charge is 0.0412 e. The van der Waals surface area contributed by atoms with Crippen LogP contribution in [0.2, 0.25) is 5.02 Å². The van der Waals surface area contributed by atoms with E-state index in [0.29, 0.717) is 0 Å². The van der Waals surface area contributed by atoms with E-state index in [1.165, 1.54) is 36.1 Å². The fraction of sp³-hybridized carbons (Fsp3) is 0.529. The quantitative estimate of drug-likeness (QED) is 0.644. The summed E-state index contributed by atoms with van der Waals surface area (Å²) in [6.07, 6.45) is 4.47. The van der Waals surface area contributed by atoms with Crippen LogP contribution in [-0.4, -0.2) is 25.0 Å². The number of allylic oxidation sites excluding steroid dienone is 1. The van der Waals surface area contributed by atoms with Gasteiger partial charge in [0.1, 0.15) is 0 Å². The van der Waals surface area contributed by atoms with Crippen molar-refractivity contribution >= 4 is 17.2 Å². The summed E-state index contributed by atoms with van der Waals surface area (Å²) in [6, 6.07) is 6.19. The van der Waals surface area contributed by atoms with Crippen LogP contribution in [0.3, 0.4) is 0 Å². The highest BCUT2D eigenvalue weighted by Crippen LogP contribution is 2.25.